The number of cyclic esters (lactones) is 1. The number of unbranched alkanes of at least 4 members (excludes halogenated alkanes) is 14. The minimum absolute atomic E-state index is 0.00211. The third-order valence-electron chi connectivity index (χ3n) is 10.3. The molecule has 0 aromatic carbocycles. The Morgan fingerprint density at radius 3 is 1.64 bits per heavy atom. The molecule has 0 bridgehead atoms. The van der Waals surface area contributed by atoms with Gasteiger partial charge in [0.05, 0.1) is 42.5 Å². The van der Waals surface area contributed by atoms with Crippen molar-refractivity contribution in [3.63, 3.8) is 0 Å². The molecule has 7 heteroatoms. The number of carbonyl (C=O) groups excluding carboxylic acids is 2. The second-order valence-corrected chi connectivity index (χ2v) is 14.3. The van der Waals surface area contributed by atoms with Gasteiger partial charge >= 0.3 is 5.97 Å². The smallest absolute Gasteiger partial charge is 0.309 e. The maximum Gasteiger partial charge on any atom is 0.309 e. The van der Waals surface area contributed by atoms with E-state index < -0.39 is 6.10 Å². The minimum Gasteiger partial charge on any atom is -0.462 e. The first-order valence-electron chi connectivity index (χ1n) is 18.7. The summed E-state index contributed by atoms with van der Waals surface area (Å²) < 4.78 is 18.0. The summed E-state index contributed by atoms with van der Waals surface area (Å²) in [4.78, 5) is 23.1. The molecule has 3 aliphatic heterocycles. The lowest BCUT2D eigenvalue weighted by Gasteiger charge is -2.24. The molecule has 3 rings (SSSR count). The number of rotatable bonds is 25. The monoisotopic (exact) mass is 622 g/mol. The highest BCUT2D eigenvalue weighted by molar-refractivity contribution is 5.83. The minimum atomic E-state index is -0.399. The molecule has 3 saturated heterocycles. The van der Waals surface area contributed by atoms with Gasteiger partial charge < -0.3 is 29.2 Å². The Labute approximate surface area is 268 Å². The van der Waals surface area contributed by atoms with Crippen LogP contribution in [0.2, 0.25) is 0 Å². The van der Waals surface area contributed by atoms with E-state index in [-0.39, 0.29) is 54.3 Å². The normalized spacial score (nSPS) is 28.4. The largest absolute Gasteiger partial charge is 0.462 e. The van der Waals surface area contributed by atoms with Crippen molar-refractivity contribution in [2.24, 2.45) is 5.92 Å². The highest BCUT2D eigenvalue weighted by Gasteiger charge is 2.40. The van der Waals surface area contributed by atoms with Crippen LogP contribution in [0, 0.1) is 5.92 Å². The number of Topliss-reactive ketones (excluding diaryl/α,β-unsaturated/α-hetero) is 1. The molecule has 3 fully saturated rings. The standard InChI is InChI=1S/C37H66O7/c1-3-4-5-6-7-11-14-17-20-31(39)33-22-24-35(43-33)36-25-23-34(44-36)32(40)21-18-15-12-9-8-10-13-16-19-30-27-29(26-28(2)38)37(41)42-30/h29-36,39-40H,3-27H2,1-2H3/t29?,30-,31+,32-,33?,34?,35+,36+/m0/s1. The number of aliphatic hydroxyl groups excluding tert-OH is 2. The highest BCUT2D eigenvalue weighted by Crippen LogP contribution is 2.35. The van der Waals surface area contributed by atoms with Crippen molar-refractivity contribution in [2.75, 3.05) is 0 Å². The van der Waals surface area contributed by atoms with Gasteiger partial charge in [0.1, 0.15) is 11.9 Å². The number of esters is 1. The van der Waals surface area contributed by atoms with Gasteiger partial charge in [-0.3, -0.25) is 4.79 Å². The molecule has 8 atom stereocenters. The summed E-state index contributed by atoms with van der Waals surface area (Å²) in [6, 6.07) is 0. The van der Waals surface area contributed by atoms with E-state index in [1.807, 2.05) is 0 Å². The molecule has 0 aromatic rings. The maximum absolute atomic E-state index is 11.9. The van der Waals surface area contributed by atoms with E-state index in [9.17, 15) is 19.8 Å². The quantitative estimate of drug-likeness (QED) is 0.0782. The van der Waals surface area contributed by atoms with Crippen molar-refractivity contribution in [3.05, 3.63) is 0 Å². The molecule has 3 unspecified atom stereocenters. The van der Waals surface area contributed by atoms with E-state index in [0.29, 0.717) is 12.8 Å². The molecule has 0 amide bonds. The number of hydrogen-bond donors (Lipinski definition) is 2. The van der Waals surface area contributed by atoms with Gasteiger partial charge in [-0.25, -0.2) is 0 Å². The lowest BCUT2D eigenvalue weighted by Crippen LogP contribution is -2.33. The SMILES string of the molecule is CCCCCCCCCC[C@@H](O)C1CC[C@H]([C@H]2CCC([C@@H](O)CCCCCCCCCC[C@H]3CC(CC(C)=O)C(=O)O3)O2)O1. The van der Waals surface area contributed by atoms with E-state index in [1.54, 1.807) is 0 Å². The highest BCUT2D eigenvalue weighted by atomic mass is 16.6. The van der Waals surface area contributed by atoms with Crippen LogP contribution in [0.25, 0.3) is 0 Å². The van der Waals surface area contributed by atoms with Crippen LogP contribution in [-0.4, -0.2) is 64.7 Å². The molecular weight excluding hydrogens is 556 g/mol. The van der Waals surface area contributed by atoms with Crippen molar-refractivity contribution in [1.29, 1.82) is 0 Å². The topological polar surface area (TPSA) is 102 Å². The summed E-state index contributed by atoms with van der Waals surface area (Å²) in [5.41, 5.74) is 0. The Morgan fingerprint density at radius 1 is 0.705 bits per heavy atom. The zero-order valence-corrected chi connectivity index (χ0v) is 28.2. The third-order valence-corrected chi connectivity index (χ3v) is 10.3. The fraction of sp³-hybridized carbons (Fsp3) is 0.946. The fourth-order valence-electron chi connectivity index (χ4n) is 7.55. The predicted molar refractivity (Wildman–Crippen MR) is 174 cm³/mol. The van der Waals surface area contributed by atoms with Crippen molar-refractivity contribution in [1.82, 2.24) is 0 Å². The summed E-state index contributed by atoms with van der Waals surface area (Å²) in [7, 11) is 0. The van der Waals surface area contributed by atoms with Crippen molar-refractivity contribution < 1.29 is 34.0 Å². The molecule has 0 spiro atoms. The average molecular weight is 623 g/mol. The van der Waals surface area contributed by atoms with Crippen LogP contribution in [0.3, 0.4) is 0 Å². The van der Waals surface area contributed by atoms with Gasteiger partial charge in [-0.15, -0.1) is 0 Å². The van der Waals surface area contributed by atoms with E-state index in [4.69, 9.17) is 14.2 Å². The summed E-state index contributed by atoms with van der Waals surface area (Å²) >= 11 is 0. The molecule has 0 saturated carbocycles. The zero-order valence-electron chi connectivity index (χ0n) is 28.2. The Hall–Kier alpha value is -1.02. The number of carbonyl (C=O) groups is 2. The Balaban J connectivity index is 1.13. The summed E-state index contributed by atoms with van der Waals surface area (Å²) in [6.45, 7) is 3.79. The summed E-state index contributed by atoms with van der Waals surface area (Å²) in [6.07, 6.45) is 26.0. The Bertz CT molecular complexity index is 788. The molecule has 0 radical (unpaired) electrons. The molecule has 3 heterocycles. The van der Waals surface area contributed by atoms with Gasteiger partial charge in [0.15, 0.2) is 0 Å². The molecule has 0 aliphatic carbocycles. The molecule has 3 aliphatic rings. The molecule has 0 aromatic heterocycles. The van der Waals surface area contributed by atoms with Crippen LogP contribution < -0.4 is 0 Å². The summed E-state index contributed by atoms with van der Waals surface area (Å²) in [5.74, 6) is -0.348. The van der Waals surface area contributed by atoms with Crippen LogP contribution in [0.4, 0.5) is 0 Å². The van der Waals surface area contributed by atoms with Crippen LogP contribution in [0.1, 0.15) is 174 Å². The molecule has 7 nitrogen and oxygen atoms in total. The van der Waals surface area contributed by atoms with Gasteiger partial charge in [-0.05, 0) is 64.7 Å². The van der Waals surface area contributed by atoms with E-state index in [0.717, 1.165) is 77.0 Å². The number of aliphatic hydroxyl groups is 2. The lowest BCUT2D eigenvalue weighted by molar-refractivity contribution is -0.145. The first-order chi connectivity index (χ1) is 21.4. The van der Waals surface area contributed by atoms with E-state index in [1.165, 1.54) is 77.6 Å². The van der Waals surface area contributed by atoms with Crippen LogP contribution in [0.15, 0.2) is 0 Å². The van der Waals surface area contributed by atoms with Gasteiger partial charge in [0.25, 0.3) is 0 Å². The van der Waals surface area contributed by atoms with Crippen LogP contribution >= 0.6 is 0 Å². The van der Waals surface area contributed by atoms with Crippen molar-refractivity contribution >= 4 is 11.8 Å². The molecule has 256 valence electrons. The number of ketones is 1. The first-order valence-corrected chi connectivity index (χ1v) is 18.7. The Kier molecular flexibility index (Phi) is 18.5. The van der Waals surface area contributed by atoms with Gasteiger partial charge in [-0.2, -0.15) is 0 Å². The van der Waals surface area contributed by atoms with E-state index in [2.05, 4.69) is 6.92 Å². The van der Waals surface area contributed by atoms with Crippen molar-refractivity contribution in [3.8, 4) is 0 Å². The van der Waals surface area contributed by atoms with Gasteiger partial charge in [0.2, 0.25) is 0 Å². The summed E-state index contributed by atoms with van der Waals surface area (Å²) in [5, 5.41) is 21.4. The van der Waals surface area contributed by atoms with E-state index >= 15 is 0 Å². The second-order valence-electron chi connectivity index (χ2n) is 14.3. The predicted octanol–water partition coefficient (Wildman–Crippen LogP) is 8.15. The van der Waals surface area contributed by atoms with Gasteiger partial charge in [-0.1, -0.05) is 103 Å². The average Bonchev–Trinajstić information content (AvgIpc) is 3.75. The Morgan fingerprint density at radius 2 is 1.16 bits per heavy atom. The zero-order chi connectivity index (χ0) is 31.6. The van der Waals surface area contributed by atoms with Gasteiger partial charge in [0, 0.05) is 6.42 Å². The lowest BCUT2D eigenvalue weighted by atomic mass is 9.96. The second kappa shape index (κ2) is 21.7. The van der Waals surface area contributed by atoms with Crippen LogP contribution in [0.5, 0.6) is 0 Å². The maximum atomic E-state index is 11.9. The number of hydrogen-bond acceptors (Lipinski definition) is 7. The molecule has 2 N–H and O–H groups in total. The fourth-order valence-corrected chi connectivity index (χ4v) is 7.55. The molecule has 44 heavy (non-hydrogen) atoms. The van der Waals surface area contributed by atoms with Crippen LogP contribution in [-0.2, 0) is 23.8 Å². The van der Waals surface area contributed by atoms with Crippen molar-refractivity contribution in [2.45, 2.75) is 217 Å². The first kappa shape index (κ1) is 37.4. The molecular formula is C37H66O7. The number of ether oxygens (including phenoxy) is 3. The third kappa shape index (κ3) is 14.2.